The number of carbonyl (C=O) groups is 1. The third-order valence-corrected chi connectivity index (χ3v) is 3.49. The predicted molar refractivity (Wildman–Crippen MR) is 74.5 cm³/mol. The lowest BCUT2D eigenvalue weighted by Crippen LogP contribution is -2.34. The van der Waals surface area contributed by atoms with Crippen LogP contribution in [0.5, 0.6) is 0 Å². The second kappa shape index (κ2) is 8.05. The minimum absolute atomic E-state index is 0.00235. The molecule has 0 aliphatic carbocycles. The van der Waals surface area contributed by atoms with Crippen LogP contribution in [0.2, 0.25) is 0 Å². The van der Waals surface area contributed by atoms with Crippen molar-refractivity contribution in [1.29, 1.82) is 0 Å². The van der Waals surface area contributed by atoms with Gasteiger partial charge >= 0.3 is 12.1 Å². The highest BCUT2D eigenvalue weighted by atomic mass is 19.4. The molecule has 2 atom stereocenters. The Labute approximate surface area is 123 Å². The average Bonchev–Trinajstić information content (AvgIpc) is 2.44. The molecule has 0 amide bonds. The van der Waals surface area contributed by atoms with Crippen LogP contribution in [0.15, 0.2) is 30.3 Å². The Hall–Kier alpha value is -1.52. The van der Waals surface area contributed by atoms with Crippen molar-refractivity contribution in [2.75, 3.05) is 0 Å². The Kier molecular flexibility index (Phi) is 6.72. The molecule has 21 heavy (non-hydrogen) atoms. The summed E-state index contributed by atoms with van der Waals surface area (Å²) in [4.78, 5) is 11.8. The number of unbranched alkanes of at least 4 members (excludes halogenated alkanes) is 1. The fraction of sp³-hybridized carbons (Fsp3) is 0.562. The molecule has 1 aromatic carbocycles. The molecule has 0 aliphatic heterocycles. The van der Waals surface area contributed by atoms with Crippen LogP contribution in [0, 0.1) is 11.8 Å². The minimum Gasteiger partial charge on any atom is -0.461 e. The van der Waals surface area contributed by atoms with Crippen LogP contribution < -0.4 is 0 Å². The normalized spacial score (nSPS) is 14.5. The number of benzene rings is 1. The summed E-state index contributed by atoms with van der Waals surface area (Å²) in [6.07, 6.45) is -3.30. The molecule has 2 nitrogen and oxygen atoms in total. The molecule has 0 heterocycles. The van der Waals surface area contributed by atoms with Gasteiger partial charge in [-0.25, -0.2) is 0 Å². The first-order valence-electron chi connectivity index (χ1n) is 7.13. The van der Waals surface area contributed by atoms with E-state index in [1.54, 1.807) is 24.3 Å². The molecular weight excluding hydrogens is 281 g/mol. The third-order valence-electron chi connectivity index (χ3n) is 3.49. The molecule has 0 saturated carbocycles. The van der Waals surface area contributed by atoms with E-state index in [2.05, 4.69) is 0 Å². The van der Waals surface area contributed by atoms with Crippen molar-refractivity contribution in [2.24, 2.45) is 11.8 Å². The lowest BCUT2D eigenvalue weighted by molar-refractivity contribution is -0.199. The van der Waals surface area contributed by atoms with Crippen LogP contribution in [-0.4, -0.2) is 12.1 Å². The molecular formula is C16H21F3O2. The van der Waals surface area contributed by atoms with Crippen molar-refractivity contribution in [3.8, 4) is 0 Å². The van der Waals surface area contributed by atoms with Crippen LogP contribution in [0.25, 0.3) is 0 Å². The fourth-order valence-corrected chi connectivity index (χ4v) is 2.15. The standard InChI is InChI=1S/C16H21F3O2/c1-3-4-10-14(16(17,18)19)12(2)15(20)21-11-13-8-6-5-7-9-13/h5-9,12,14H,3-4,10-11H2,1-2H3. The maximum absolute atomic E-state index is 13.0. The molecule has 1 rings (SSSR count). The molecule has 1 aromatic rings. The summed E-state index contributed by atoms with van der Waals surface area (Å²) in [6, 6.07) is 8.91. The van der Waals surface area contributed by atoms with Gasteiger partial charge in [0.15, 0.2) is 0 Å². The van der Waals surface area contributed by atoms with Gasteiger partial charge in [0, 0.05) is 0 Å². The first kappa shape index (κ1) is 17.5. The van der Waals surface area contributed by atoms with E-state index in [9.17, 15) is 18.0 Å². The van der Waals surface area contributed by atoms with E-state index in [-0.39, 0.29) is 13.0 Å². The third kappa shape index (κ3) is 5.78. The van der Waals surface area contributed by atoms with Gasteiger partial charge in [-0.15, -0.1) is 0 Å². The van der Waals surface area contributed by atoms with Crippen molar-refractivity contribution in [2.45, 2.75) is 45.9 Å². The SMILES string of the molecule is CCCCC(C(C)C(=O)OCc1ccccc1)C(F)(F)F. The van der Waals surface area contributed by atoms with Crippen LogP contribution in [0.1, 0.15) is 38.7 Å². The van der Waals surface area contributed by atoms with Crippen molar-refractivity contribution in [1.82, 2.24) is 0 Å². The van der Waals surface area contributed by atoms with Crippen LogP contribution in [0.3, 0.4) is 0 Å². The first-order chi connectivity index (χ1) is 9.86. The zero-order valence-electron chi connectivity index (χ0n) is 12.3. The molecule has 2 unspecified atom stereocenters. The first-order valence-corrected chi connectivity index (χ1v) is 7.13. The van der Waals surface area contributed by atoms with Gasteiger partial charge in [0.1, 0.15) is 6.61 Å². The number of carbonyl (C=O) groups excluding carboxylic acids is 1. The van der Waals surface area contributed by atoms with E-state index in [4.69, 9.17) is 4.74 Å². The number of hydrogen-bond donors (Lipinski definition) is 0. The molecule has 5 heteroatoms. The summed E-state index contributed by atoms with van der Waals surface area (Å²) in [5.74, 6) is -3.61. The highest BCUT2D eigenvalue weighted by Gasteiger charge is 2.45. The highest BCUT2D eigenvalue weighted by molar-refractivity contribution is 5.72. The maximum atomic E-state index is 13.0. The molecule has 0 spiro atoms. The fourth-order valence-electron chi connectivity index (χ4n) is 2.15. The number of halogens is 3. The Morgan fingerprint density at radius 2 is 1.86 bits per heavy atom. The lowest BCUT2D eigenvalue weighted by atomic mass is 9.88. The van der Waals surface area contributed by atoms with Gasteiger partial charge in [0.2, 0.25) is 0 Å². The van der Waals surface area contributed by atoms with Gasteiger partial charge in [0.05, 0.1) is 11.8 Å². The van der Waals surface area contributed by atoms with Gasteiger partial charge in [-0.2, -0.15) is 13.2 Å². The summed E-state index contributed by atoms with van der Waals surface area (Å²) in [5.41, 5.74) is 0.759. The summed E-state index contributed by atoms with van der Waals surface area (Å²) in [6.45, 7) is 3.12. The van der Waals surface area contributed by atoms with Gasteiger partial charge in [-0.1, -0.05) is 57.0 Å². The summed E-state index contributed by atoms with van der Waals surface area (Å²) < 4.78 is 44.0. The van der Waals surface area contributed by atoms with E-state index in [1.807, 2.05) is 13.0 Å². The molecule has 118 valence electrons. The van der Waals surface area contributed by atoms with Crippen molar-refractivity contribution >= 4 is 5.97 Å². The van der Waals surface area contributed by atoms with Crippen LogP contribution >= 0.6 is 0 Å². The van der Waals surface area contributed by atoms with Gasteiger partial charge in [0.25, 0.3) is 0 Å². The average molecular weight is 302 g/mol. The lowest BCUT2D eigenvalue weighted by Gasteiger charge is -2.25. The second-order valence-corrected chi connectivity index (χ2v) is 5.17. The smallest absolute Gasteiger partial charge is 0.392 e. The molecule has 0 bridgehead atoms. The number of ether oxygens (including phenoxy) is 1. The summed E-state index contributed by atoms with van der Waals surface area (Å²) in [5, 5.41) is 0. The van der Waals surface area contributed by atoms with Crippen molar-refractivity contribution < 1.29 is 22.7 Å². The predicted octanol–water partition coefficient (Wildman–Crippen LogP) is 4.73. The maximum Gasteiger partial charge on any atom is 0.392 e. The Morgan fingerprint density at radius 3 is 2.38 bits per heavy atom. The highest BCUT2D eigenvalue weighted by Crippen LogP contribution is 2.36. The topological polar surface area (TPSA) is 26.3 Å². The van der Waals surface area contributed by atoms with Crippen molar-refractivity contribution in [3.05, 3.63) is 35.9 Å². The quantitative estimate of drug-likeness (QED) is 0.680. The van der Waals surface area contributed by atoms with Gasteiger partial charge in [-0.3, -0.25) is 4.79 Å². The summed E-state index contributed by atoms with van der Waals surface area (Å²) >= 11 is 0. The van der Waals surface area contributed by atoms with E-state index < -0.39 is 24.0 Å². The Balaban J connectivity index is 2.61. The molecule has 0 radical (unpaired) electrons. The number of alkyl halides is 3. The molecule has 0 fully saturated rings. The molecule has 0 saturated heterocycles. The van der Waals surface area contributed by atoms with Gasteiger partial charge < -0.3 is 4.74 Å². The zero-order valence-corrected chi connectivity index (χ0v) is 12.3. The Morgan fingerprint density at radius 1 is 1.24 bits per heavy atom. The molecule has 0 aromatic heterocycles. The van der Waals surface area contributed by atoms with E-state index in [0.717, 1.165) is 5.56 Å². The monoisotopic (exact) mass is 302 g/mol. The Bertz CT molecular complexity index is 429. The van der Waals surface area contributed by atoms with E-state index in [0.29, 0.717) is 12.8 Å². The number of hydrogen-bond acceptors (Lipinski definition) is 2. The molecule has 0 aliphatic rings. The molecule has 0 N–H and O–H groups in total. The van der Waals surface area contributed by atoms with E-state index in [1.165, 1.54) is 6.92 Å². The summed E-state index contributed by atoms with van der Waals surface area (Å²) in [7, 11) is 0. The van der Waals surface area contributed by atoms with Crippen LogP contribution in [-0.2, 0) is 16.1 Å². The minimum atomic E-state index is -4.37. The zero-order chi connectivity index (χ0) is 15.9. The number of esters is 1. The number of rotatable bonds is 7. The largest absolute Gasteiger partial charge is 0.461 e. The van der Waals surface area contributed by atoms with Gasteiger partial charge in [-0.05, 0) is 12.0 Å². The van der Waals surface area contributed by atoms with E-state index >= 15 is 0 Å². The van der Waals surface area contributed by atoms with Crippen molar-refractivity contribution in [3.63, 3.8) is 0 Å². The second-order valence-electron chi connectivity index (χ2n) is 5.17. The van der Waals surface area contributed by atoms with Crippen LogP contribution in [0.4, 0.5) is 13.2 Å².